The Morgan fingerprint density at radius 2 is 2.14 bits per heavy atom. The molecule has 1 saturated carbocycles. The van der Waals surface area contributed by atoms with Crippen LogP contribution in [0.15, 0.2) is 0 Å². The summed E-state index contributed by atoms with van der Waals surface area (Å²) >= 11 is 0. The summed E-state index contributed by atoms with van der Waals surface area (Å²) in [6.07, 6.45) is 8.52. The molecule has 2 unspecified atom stereocenters. The minimum Gasteiger partial charge on any atom is -0.314 e. The van der Waals surface area contributed by atoms with Crippen molar-refractivity contribution in [3.05, 3.63) is 0 Å². The van der Waals surface area contributed by atoms with Gasteiger partial charge in [0.1, 0.15) is 0 Å². The highest BCUT2D eigenvalue weighted by Crippen LogP contribution is 2.26. The first-order valence-corrected chi connectivity index (χ1v) is 5.98. The Bertz CT molecular complexity index is 183. The van der Waals surface area contributed by atoms with E-state index < -0.39 is 0 Å². The van der Waals surface area contributed by atoms with E-state index in [1.54, 1.807) is 0 Å². The zero-order valence-corrected chi connectivity index (χ0v) is 9.26. The topological polar surface area (TPSA) is 35.8 Å². The molecule has 0 radical (unpaired) electrons. The SMILES string of the molecule is CCC1CCCCC1NCCCC#N. The van der Waals surface area contributed by atoms with Crippen LogP contribution in [0, 0.1) is 17.2 Å². The molecule has 0 saturated heterocycles. The highest BCUT2D eigenvalue weighted by molar-refractivity contribution is 4.80. The first kappa shape index (κ1) is 11.5. The van der Waals surface area contributed by atoms with Crippen LogP contribution in [0.4, 0.5) is 0 Å². The van der Waals surface area contributed by atoms with Crippen LogP contribution in [0.3, 0.4) is 0 Å². The Kier molecular flexibility index (Phi) is 5.63. The second-order valence-electron chi connectivity index (χ2n) is 4.28. The van der Waals surface area contributed by atoms with Crippen LogP contribution in [0.25, 0.3) is 0 Å². The molecule has 2 nitrogen and oxygen atoms in total. The molecule has 1 rings (SSSR count). The molecular weight excluding hydrogens is 172 g/mol. The lowest BCUT2D eigenvalue weighted by molar-refractivity contribution is 0.256. The molecule has 0 bridgehead atoms. The molecule has 1 fully saturated rings. The van der Waals surface area contributed by atoms with Crippen LogP contribution in [0.1, 0.15) is 51.9 Å². The predicted molar refractivity (Wildman–Crippen MR) is 58.9 cm³/mol. The van der Waals surface area contributed by atoms with Gasteiger partial charge in [-0.1, -0.05) is 26.2 Å². The maximum atomic E-state index is 8.42. The van der Waals surface area contributed by atoms with E-state index in [1.165, 1.54) is 32.1 Å². The molecule has 1 N–H and O–H groups in total. The van der Waals surface area contributed by atoms with E-state index in [2.05, 4.69) is 18.3 Å². The van der Waals surface area contributed by atoms with Crippen molar-refractivity contribution < 1.29 is 0 Å². The number of nitriles is 1. The summed E-state index contributed by atoms with van der Waals surface area (Å²) in [5, 5.41) is 12.0. The minimum atomic E-state index is 0.691. The Balaban J connectivity index is 2.17. The summed E-state index contributed by atoms with van der Waals surface area (Å²) in [5.41, 5.74) is 0. The fraction of sp³-hybridized carbons (Fsp3) is 0.917. The van der Waals surface area contributed by atoms with E-state index in [9.17, 15) is 0 Å². The van der Waals surface area contributed by atoms with E-state index in [-0.39, 0.29) is 0 Å². The predicted octanol–water partition coefficient (Wildman–Crippen LogP) is 2.85. The number of nitrogens with one attached hydrogen (secondary N) is 1. The third kappa shape index (κ3) is 3.67. The van der Waals surface area contributed by atoms with Gasteiger partial charge in [-0.15, -0.1) is 0 Å². The van der Waals surface area contributed by atoms with Crippen molar-refractivity contribution in [3.8, 4) is 6.07 Å². The minimum absolute atomic E-state index is 0.691. The van der Waals surface area contributed by atoms with E-state index in [4.69, 9.17) is 5.26 Å². The summed E-state index contributed by atoms with van der Waals surface area (Å²) in [6, 6.07) is 2.92. The fourth-order valence-corrected chi connectivity index (χ4v) is 2.42. The average Bonchev–Trinajstić information content (AvgIpc) is 2.25. The Morgan fingerprint density at radius 1 is 1.36 bits per heavy atom. The maximum Gasteiger partial charge on any atom is 0.0622 e. The Hall–Kier alpha value is -0.550. The van der Waals surface area contributed by atoms with Gasteiger partial charge in [-0.25, -0.2) is 0 Å². The first-order chi connectivity index (χ1) is 6.88. The molecule has 0 spiro atoms. The summed E-state index contributed by atoms with van der Waals surface area (Å²) in [6.45, 7) is 3.31. The number of hydrogen-bond acceptors (Lipinski definition) is 2. The van der Waals surface area contributed by atoms with Crippen LogP contribution in [-0.2, 0) is 0 Å². The largest absolute Gasteiger partial charge is 0.314 e. The van der Waals surface area contributed by atoms with Crippen molar-refractivity contribution in [2.24, 2.45) is 5.92 Å². The lowest BCUT2D eigenvalue weighted by atomic mass is 9.83. The van der Waals surface area contributed by atoms with Crippen molar-refractivity contribution in [1.29, 1.82) is 5.26 Å². The number of nitrogens with zero attached hydrogens (tertiary/aromatic N) is 1. The molecule has 80 valence electrons. The smallest absolute Gasteiger partial charge is 0.0622 e. The van der Waals surface area contributed by atoms with Crippen molar-refractivity contribution >= 4 is 0 Å². The molecule has 0 aromatic heterocycles. The summed E-state index contributed by atoms with van der Waals surface area (Å²) in [5.74, 6) is 0.880. The van der Waals surface area contributed by atoms with Crippen LogP contribution in [0.2, 0.25) is 0 Å². The van der Waals surface area contributed by atoms with Gasteiger partial charge < -0.3 is 5.32 Å². The molecule has 0 aliphatic heterocycles. The molecule has 0 amide bonds. The molecule has 1 aliphatic carbocycles. The maximum absolute atomic E-state index is 8.42. The zero-order chi connectivity index (χ0) is 10.2. The van der Waals surface area contributed by atoms with Gasteiger partial charge in [-0.2, -0.15) is 5.26 Å². The quantitative estimate of drug-likeness (QED) is 0.683. The summed E-state index contributed by atoms with van der Waals surface area (Å²) in [7, 11) is 0. The number of unbranched alkanes of at least 4 members (excludes halogenated alkanes) is 1. The molecular formula is C12H22N2. The third-order valence-electron chi connectivity index (χ3n) is 3.31. The highest BCUT2D eigenvalue weighted by atomic mass is 14.9. The third-order valence-corrected chi connectivity index (χ3v) is 3.31. The fourth-order valence-electron chi connectivity index (χ4n) is 2.42. The first-order valence-electron chi connectivity index (χ1n) is 5.98. The number of hydrogen-bond donors (Lipinski definition) is 1. The van der Waals surface area contributed by atoms with E-state index in [0.717, 1.165) is 24.9 Å². The highest BCUT2D eigenvalue weighted by Gasteiger charge is 2.22. The van der Waals surface area contributed by atoms with Gasteiger partial charge in [0.2, 0.25) is 0 Å². The molecule has 2 heteroatoms. The van der Waals surface area contributed by atoms with Gasteiger partial charge in [0.05, 0.1) is 6.07 Å². The van der Waals surface area contributed by atoms with Crippen LogP contribution >= 0.6 is 0 Å². The summed E-state index contributed by atoms with van der Waals surface area (Å²) < 4.78 is 0. The zero-order valence-electron chi connectivity index (χ0n) is 9.26. The van der Waals surface area contributed by atoms with E-state index in [0.29, 0.717) is 6.42 Å². The van der Waals surface area contributed by atoms with Gasteiger partial charge in [-0.3, -0.25) is 0 Å². The molecule has 0 aromatic carbocycles. The average molecular weight is 194 g/mol. The molecule has 14 heavy (non-hydrogen) atoms. The van der Waals surface area contributed by atoms with Gasteiger partial charge in [0.25, 0.3) is 0 Å². The van der Waals surface area contributed by atoms with Crippen molar-refractivity contribution in [2.75, 3.05) is 6.54 Å². The van der Waals surface area contributed by atoms with Crippen LogP contribution < -0.4 is 5.32 Å². The van der Waals surface area contributed by atoms with Gasteiger partial charge in [-0.05, 0) is 31.7 Å². The Morgan fingerprint density at radius 3 is 2.86 bits per heavy atom. The second kappa shape index (κ2) is 6.84. The number of rotatable bonds is 5. The summed E-state index contributed by atoms with van der Waals surface area (Å²) in [4.78, 5) is 0. The van der Waals surface area contributed by atoms with Gasteiger partial charge >= 0.3 is 0 Å². The standard InChI is InChI=1S/C12H22N2/c1-2-11-7-3-4-8-12(11)14-10-6-5-9-13/h11-12,14H,2-8,10H2,1H3. The van der Waals surface area contributed by atoms with E-state index in [1.807, 2.05) is 0 Å². The molecule has 2 atom stereocenters. The molecule has 1 aliphatic rings. The Labute approximate surface area is 87.7 Å². The van der Waals surface area contributed by atoms with Gasteiger partial charge in [0, 0.05) is 12.5 Å². The van der Waals surface area contributed by atoms with Crippen molar-refractivity contribution in [1.82, 2.24) is 5.32 Å². The van der Waals surface area contributed by atoms with Crippen molar-refractivity contribution in [3.63, 3.8) is 0 Å². The lowest BCUT2D eigenvalue weighted by Crippen LogP contribution is -2.38. The molecule has 0 aromatic rings. The van der Waals surface area contributed by atoms with Crippen molar-refractivity contribution in [2.45, 2.75) is 57.9 Å². The second-order valence-corrected chi connectivity index (χ2v) is 4.28. The van der Waals surface area contributed by atoms with Crippen LogP contribution in [-0.4, -0.2) is 12.6 Å². The lowest BCUT2D eigenvalue weighted by Gasteiger charge is -2.31. The normalized spacial score (nSPS) is 27.1. The molecule has 0 heterocycles. The van der Waals surface area contributed by atoms with Crippen LogP contribution in [0.5, 0.6) is 0 Å². The van der Waals surface area contributed by atoms with Gasteiger partial charge in [0.15, 0.2) is 0 Å². The van der Waals surface area contributed by atoms with E-state index >= 15 is 0 Å². The monoisotopic (exact) mass is 194 g/mol.